The standard InChI is InChI=1S/C20H20N4O4/c1-14(25)21-15-3-5-16(6-4-15)22-20(26)19-11-12-24(23-19)13-28-18-9-7-17(27-2)8-10-18/h3-12H,13H2,1-2H3,(H,21,25)(H,22,26). The van der Waals surface area contributed by atoms with Gasteiger partial charge in [-0.2, -0.15) is 5.10 Å². The van der Waals surface area contributed by atoms with Gasteiger partial charge in [0.1, 0.15) is 11.5 Å². The zero-order valence-electron chi connectivity index (χ0n) is 15.5. The highest BCUT2D eigenvalue weighted by atomic mass is 16.5. The second-order valence-electron chi connectivity index (χ2n) is 5.90. The molecule has 0 saturated heterocycles. The van der Waals surface area contributed by atoms with Crippen molar-refractivity contribution in [3.63, 3.8) is 0 Å². The molecule has 2 N–H and O–H groups in total. The van der Waals surface area contributed by atoms with Gasteiger partial charge in [-0.1, -0.05) is 0 Å². The number of methoxy groups -OCH3 is 1. The lowest BCUT2D eigenvalue weighted by Gasteiger charge is -2.07. The normalized spacial score (nSPS) is 10.2. The van der Waals surface area contributed by atoms with Crippen molar-refractivity contribution < 1.29 is 19.1 Å². The van der Waals surface area contributed by atoms with Crippen LogP contribution in [0.25, 0.3) is 0 Å². The summed E-state index contributed by atoms with van der Waals surface area (Å²) in [6.07, 6.45) is 1.66. The van der Waals surface area contributed by atoms with Crippen LogP contribution in [0.2, 0.25) is 0 Å². The minimum absolute atomic E-state index is 0.154. The summed E-state index contributed by atoms with van der Waals surface area (Å²) in [5.41, 5.74) is 1.53. The van der Waals surface area contributed by atoms with Crippen molar-refractivity contribution in [3.05, 3.63) is 66.5 Å². The van der Waals surface area contributed by atoms with Gasteiger partial charge in [-0.05, 0) is 54.6 Å². The molecule has 0 fully saturated rings. The van der Waals surface area contributed by atoms with E-state index in [2.05, 4.69) is 15.7 Å². The van der Waals surface area contributed by atoms with Gasteiger partial charge in [-0.15, -0.1) is 0 Å². The van der Waals surface area contributed by atoms with E-state index in [9.17, 15) is 9.59 Å². The van der Waals surface area contributed by atoms with Crippen LogP contribution in [0.5, 0.6) is 11.5 Å². The van der Waals surface area contributed by atoms with E-state index in [1.807, 2.05) is 0 Å². The van der Waals surface area contributed by atoms with Crippen molar-refractivity contribution in [1.82, 2.24) is 9.78 Å². The lowest BCUT2D eigenvalue weighted by molar-refractivity contribution is -0.114. The van der Waals surface area contributed by atoms with E-state index in [4.69, 9.17) is 9.47 Å². The van der Waals surface area contributed by atoms with Gasteiger partial charge in [0, 0.05) is 24.5 Å². The second-order valence-corrected chi connectivity index (χ2v) is 5.90. The molecule has 0 spiro atoms. The van der Waals surface area contributed by atoms with Gasteiger partial charge in [-0.25, -0.2) is 4.68 Å². The SMILES string of the molecule is COc1ccc(OCn2ccc(C(=O)Nc3ccc(NC(C)=O)cc3)n2)cc1. The number of carbonyl (C=O) groups is 2. The molecule has 3 rings (SSSR count). The average molecular weight is 380 g/mol. The molecule has 0 radical (unpaired) electrons. The van der Waals surface area contributed by atoms with Gasteiger partial charge in [-0.3, -0.25) is 9.59 Å². The Morgan fingerprint density at radius 2 is 1.54 bits per heavy atom. The van der Waals surface area contributed by atoms with E-state index in [1.54, 1.807) is 67.9 Å². The molecule has 1 aromatic heterocycles. The molecule has 0 aliphatic heterocycles. The maximum Gasteiger partial charge on any atom is 0.276 e. The number of nitrogens with one attached hydrogen (secondary N) is 2. The third kappa shape index (κ3) is 5.10. The quantitative estimate of drug-likeness (QED) is 0.657. The summed E-state index contributed by atoms with van der Waals surface area (Å²) < 4.78 is 12.3. The van der Waals surface area contributed by atoms with E-state index >= 15 is 0 Å². The van der Waals surface area contributed by atoms with Gasteiger partial charge in [0.25, 0.3) is 5.91 Å². The molecule has 0 saturated carbocycles. The van der Waals surface area contributed by atoms with E-state index in [1.165, 1.54) is 11.6 Å². The summed E-state index contributed by atoms with van der Waals surface area (Å²) in [4.78, 5) is 23.4. The van der Waals surface area contributed by atoms with Crippen LogP contribution in [-0.2, 0) is 11.5 Å². The molecule has 0 aliphatic rings. The fraction of sp³-hybridized carbons (Fsp3) is 0.150. The minimum atomic E-state index is -0.338. The highest BCUT2D eigenvalue weighted by Crippen LogP contribution is 2.17. The molecule has 1 heterocycles. The van der Waals surface area contributed by atoms with E-state index < -0.39 is 0 Å². The number of hydrogen-bond donors (Lipinski definition) is 2. The molecule has 0 aliphatic carbocycles. The Labute approximate surface area is 162 Å². The Kier molecular flexibility index (Phi) is 5.91. The van der Waals surface area contributed by atoms with Gasteiger partial charge in [0.05, 0.1) is 7.11 Å². The largest absolute Gasteiger partial charge is 0.497 e. The number of hydrogen-bond acceptors (Lipinski definition) is 5. The second kappa shape index (κ2) is 8.72. The van der Waals surface area contributed by atoms with Crippen molar-refractivity contribution in [2.75, 3.05) is 17.7 Å². The number of rotatable bonds is 7. The summed E-state index contributed by atoms with van der Waals surface area (Å²) in [6.45, 7) is 1.61. The number of ether oxygens (including phenoxy) is 2. The fourth-order valence-corrected chi connectivity index (χ4v) is 2.40. The maximum atomic E-state index is 12.3. The van der Waals surface area contributed by atoms with Crippen molar-refractivity contribution in [2.45, 2.75) is 13.7 Å². The summed E-state index contributed by atoms with van der Waals surface area (Å²) in [7, 11) is 1.60. The zero-order chi connectivity index (χ0) is 19.9. The molecule has 8 nitrogen and oxygen atoms in total. The average Bonchev–Trinajstić information content (AvgIpc) is 3.17. The van der Waals surface area contributed by atoms with Crippen LogP contribution in [0, 0.1) is 0 Å². The lowest BCUT2D eigenvalue weighted by atomic mass is 10.2. The lowest BCUT2D eigenvalue weighted by Crippen LogP contribution is -2.14. The molecule has 0 atom stereocenters. The Balaban J connectivity index is 1.55. The minimum Gasteiger partial charge on any atom is -0.497 e. The first-order valence-corrected chi connectivity index (χ1v) is 8.53. The Bertz CT molecular complexity index is 949. The number of benzene rings is 2. The smallest absolute Gasteiger partial charge is 0.276 e. The van der Waals surface area contributed by atoms with Crippen LogP contribution in [0.15, 0.2) is 60.8 Å². The van der Waals surface area contributed by atoms with Crippen LogP contribution >= 0.6 is 0 Å². The summed E-state index contributed by atoms with van der Waals surface area (Å²) >= 11 is 0. The monoisotopic (exact) mass is 380 g/mol. The van der Waals surface area contributed by atoms with Crippen LogP contribution in [0.1, 0.15) is 17.4 Å². The third-order valence-corrected chi connectivity index (χ3v) is 3.76. The highest BCUT2D eigenvalue weighted by Gasteiger charge is 2.10. The predicted molar refractivity (Wildman–Crippen MR) is 105 cm³/mol. The van der Waals surface area contributed by atoms with Crippen LogP contribution < -0.4 is 20.1 Å². The molecule has 144 valence electrons. The van der Waals surface area contributed by atoms with Gasteiger partial charge >= 0.3 is 0 Å². The molecule has 2 amide bonds. The molecular formula is C20H20N4O4. The number of anilines is 2. The first kappa shape index (κ1) is 19.0. The topological polar surface area (TPSA) is 94.5 Å². The van der Waals surface area contributed by atoms with Crippen molar-refractivity contribution in [2.24, 2.45) is 0 Å². The van der Waals surface area contributed by atoms with Crippen LogP contribution in [0.4, 0.5) is 11.4 Å². The summed E-state index contributed by atoms with van der Waals surface area (Å²) in [6, 6.07) is 15.6. The predicted octanol–water partition coefficient (Wildman–Crippen LogP) is 3.14. The van der Waals surface area contributed by atoms with Crippen molar-refractivity contribution in [3.8, 4) is 11.5 Å². The molecule has 0 bridgehead atoms. The third-order valence-electron chi connectivity index (χ3n) is 3.76. The van der Waals surface area contributed by atoms with E-state index in [0.717, 1.165) is 5.75 Å². The number of amides is 2. The van der Waals surface area contributed by atoms with Gasteiger partial charge in [0.15, 0.2) is 12.4 Å². The maximum absolute atomic E-state index is 12.3. The van der Waals surface area contributed by atoms with Crippen LogP contribution in [-0.4, -0.2) is 28.7 Å². The first-order chi connectivity index (χ1) is 13.5. The molecule has 0 unspecified atom stereocenters. The first-order valence-electron chi connectivity index (χ1n) is 8.53. The Morgan fingerprint density at radius 1 is 0.929 bits per heavy atom. The molecule has 3 aromatic rings. The van der Waals surface area contributed by atoms with Crippen molar-refractivity contribution in [1.29, 1.82) is 0 Å². The van der Waals surface area contributed by atoms with Gasteiger partial charge < -0.3 is 20.1 Å². The zero-order valence-corrected chi connectivity index (χ0v) is 15.5. The summed E-state index contributed by atoms with van der Waals surface area (Å²) in [5.74, 6) is 0.923. The number of nitrogens with zero attached hydrogens (tertiary/aromatic N) is 2. The molecule has 8 heteroatoms. The number of aromatic nitrogens is 2. The Morgan fingerprint density at radius 3 is 2.14 bits per heavy atom. The van der Waals surface area contributed by atoms with Crippen LogP contribution in [0.3, 0.4) is 0 Å². The van der Waals surface area contributed by atoms with E-state index in [0.29, 0.717) is 17.1 Å². The molecular weight excluding hydrogens is 360 g/mol. The number of carbonyl (C=O) groups excluding carboxylic acids is 2. The summed E-state index contributed by atoms with van der Waals surface area (Å²) in [5, 5.41) is 9.63. The van der Waals surface area contributed by atoms with E-state index in [-0.39, 0.29) is 24.2 Å². The highest BCUT2D eigenvalue weighted by molar-refractivity contribution is 6.03. The fourth-order valence-electron chi connectivity index (χ4n) is 2.40. The molecule has 2 aromatic carbocycles. The van der Waals surface area contributed by atoms with Crippen molar-refractivity contribution >= 4 is 23.2 Å². The Hall–Kier alpha value is -3.81. The molecule has 28 heavy (non-hydrogen) atoms. The van der Waals surface area contributed by atoms with Gasteiger partial charge in [0.2, 0.25) is 5.91 Å².